The number of amides is 2. The van der Waals surface area contributed by atoms with Crippen molar-refractivity contribution in [1.82, 2.24) is 29.0 Å². The van der Waals surface area contributed by atoms with Crippen molar-refractivity contribution in [2.75, 3.05) is 24.1 Å². The predicted molar refractivity (Wildman–Crippen MR) is 181 cm³/mol. The summed E-state index contributed by atoms with van der Waals surface area (Å²) >= 11 is 0. The number of piperidine rings is 1. The number of nitrogens with one attached hydrogen (secondary N) is 1. The molecule has 11 heteroatoms. The van der Waals surface area contributed by atoms with Crippen molar-refractivity contribution in [1.29, 1.82) is 0 Å². The molecular weight excluding hydrogens is 592 g/mol. The molecule has 0 radical (unpaired) electrons. The molecule has 1 saturated carbocycles. The van der Waals surface area contributed by atoms with Crippen LogP contribution in [0.5, 0.6) is 0 Å². The molecule has 5 aromatic rings. The van der Waals surface area contributed by atoms with E-state index in [1.54, 1.807) is 24.7 Å². The first-order valence-electron chi connectivity index (χ1n) is 16.2. The summed E-state index contributed by atoms with van der Waals surface area (Å²) < 4.78 is 3.93. The van der Waals surface area contributed by atoms with E-state index >= 15 is 0 Å². The van der Waals surface area contributed by atoms with Crippen molar-refractivity contribution in [3.05, 3.63) is 94.6 Å². The fourth-order valence-electron chi connectivity index (χ4n) is 6.76. The Balaban J connectivity index is 1.16. The summed E-state index contributed by atoms with van der Waals surface area (Å²) in [6.45, 7) is 7.20. The second-order valence-corrected chi connectivity index (χ2v) is 12.9. The number of nitrogens with zero attached hydrogens (tertiary/aromatic N) is 6. The first kappa shape index (κ1) is 30.3. The maximum atomic E-state index is 13.7. The van der Waals surface area contributed by atoms with E-state index in [0.29, 0.717) is 35.7 Å². The van der Waals surface area contributed by atoms with Gasteiger partial charge in [-0.05, 0) is 62.4 Å². The Morgan fingerprint density at radius 3 is 2.43 bits per heavy atom. The lowest BCUT2D eigenvalue weighted by Crippen LogP contribution is -2.40. The average molecular weight is 631 g/mol. The van der Waals surface area contributed by atoms with Crippen LogP contribution in [0, 0.1) is 12.8 Å². The third kappa shape index (κ3) is 5.66. The highest BCUT2D eigenvalue weighted by Crippen LogP contribution is 2.38. The molecule has 11 nitrogen and oxygen atoms in total. The normalized spacial score (nSPS) is 15.4. The standard InChI is InChI=1S/C36H38N8O3/c1-21(2)36(47)42-15-12-24(13-16-42)30-17-28(32-34(37)39-20-40-44(30)32)23-6-8-26(9-7-23)41-35(46)29-19-43(27-10-11-27)22(3)31(33(29)45)25-5-4-14-38-18-25/h4-9,14,17-21,24,27H,10-13,15-16H2,1-3H3,(H,41,46)(H2,37,39,40). The van der Waals surface area contributed by atoms with E-state index in [1.165, 1.54) is 6.33 Å². The number of aromatic nitrogens is 5. The number of hydrogen-bond donors (Lipinski definition) is 2. The molecule has 0 atom stereocenters. The molecule has 1 aliphatic carbocycles. The van der Waals surface area contributed by atoms with Gasteiger partial charge in [-0.15, -0.1) is 0 Å². The number of carbonyl (C=O) groups excluding carboxylic acids is 2. The number of carbonyl (C=O) groups is 2. The minimum absolute atomic E-state index is 0.0183. The fraction of sp³-hybridized carbons (Fsp3) is 0.333. The van der Waals surface area contributed by atoms with E-state index in [1.807, 2.05) is 60.5 Å². The molecule has 0 bridgehead atoms. The van der Waals surface area contributed by atoms with Crippen LogP contribution in [-0.4, -0.2) is 54.0 Å². The Morgan fingerprint density at radius 1 is 1.02 bits per heavy atom. The van der Waals surface area contributed by atoms with Gasteiger partial charge in [-0.2, -0.15) is 5.10 Å². The van der Waals surface area contributed by atoms with E-state index < -0.39 is 5.91 Å². The SMILES string of the molecule is Cc1c(-c2cccnc2)c(=O)c(C(=O)Nc2ccc(-c3cc(C4CCN(C(=O)C(C)C)CC4)n4ncnc(N)c34)cc2)cn1C1CC1. The summed E-state index contributed by atoms with van der Waals surface area (Å²) in [5.41, 5.74) is 12.3. The molecule has 1 aromatic carbocycles. The molecule has 0 spiro atoms. The minimum Gasteiger partial charge on any atom is -0.382 e. The summed E-state index contributed by atoms with van der Waals surface area (Å²) in [4.78, 5) is 50.2. The number of nitrogen functional groups attached to an aromatic ring is 1. The molecule has 2 fully saturated rings. The Labute approximate surface area is 272 Å². The van der Waals surface area contributed by atoms with Crippen molar-refractivity contribution >= 4 is 28.8 Å². The van der Waals surface area contributed by atoms with Crippen LogP contribution in [0.25, 0.3) is 27.8 Å². The van der Waals surface area contributed by atoms with Gasteiger partial charge < -0.3 is 20.5 Å². The molecule has 7 rings (SSSR count). The van der Waals surface area contributed by atoms with Crippen molar-refractivity contribution < 1.29 is 9.59 Å². The number of hydrogen-bond acceptors (Lipinski definition) is 7. The number of anilines is 2. The van der Waals surface area contributed by atoms with Gasteiger partial charge in [-0.3, -0.25) is 19.4 Å². The highest BCUT2D eigenvalue weighted by Gasteiger charge is 2.30. The van der Waals surface area contributed by atoms with Crippen LogP contribution < -0.4 is 16.5 Å². The largest absolute Gasteiger partial charge is 0.382 e. The van der Waals surface area contributed by atoms with Crippen molar-refractivity contribution in [3.8, 4) is 22.3 Å². The molecule has 1 saturated heterocycles. The molecule has 3 N–H and O–H groups in total. The molecule has 2 amide bonds. The quantitative estimate of drug-likeness (QED) is 0.243. The van der Waals surface area contributed by atoms with E-state index in [2.05, 4.69) is 31.0 Å². The summed E-state index contributed by atoms with van der Waals surface area (Å²) in [6, 6.07) is 13.5. The molecule has 5 heterocycles. The molecule has 4 aromatic heterocycles. The van der Waals surface area contributed by atoms with Crippen LogP contribution in [-0.2, 0) is 4.79 Å². The maximum absolute atomic E-state index is 13.7. The van der Waals surface area contributed by atoms with Crippen molar-refractivity contribution in [3.63, 3.8) is 0 Å². The van der Waals surface area contributed by atoms with Crippen molar-refractivity contribution in [2.45, 2.75) is 58.4 Å². The summed E-state index contributed by atoms with van der Waals surface area (Å²) in [6.07, 6.45) is 10.2. The summed E-state index contributed by atoms with van der Waals surface area (Å²) in [7, 11) is 0. The Morgan fingerprint density at radius 2 is 1.77 bits per heavy atom. The predicted octanol–water partition coefficient (Wildman–Crippen LogP) is 5.46. The lowest BCUT2D eigenvalue weighted by molar-refractivity contribution is -0.135. The Bertz CT molecular complexity index is 2040. The number of pyridine rings is 2. The van der Waals surface area contributed by atoms with Crippen LogP contribution in [0.15, 0.2) is 72.2 Å². The summed E-state index contributed by atoms with van der Waals surface area (Å²) in [5.74, 6) is 0.301. The minimum atomic E-state index is -0.459. The highest BCUT2D eigenvalue weighted by molar-refractivity contribution is 6.05. The van der Waals surface area contributed by atoms with E-state index in [0.717, 1.165) is 53.7 Å². The third-order valence-electron chi connectivity index (χ3n) is 9.41. The van der Waals surface area contributed by atoms with Crippen LogP contribution in [0.3, 0.4) is 0 Å². The van der Waals surface area contributed by atoms with Crippen LogP contribution in [0.1, 0.15) is 73.2 Å². The molecular formula is C36H38N8O3. The van der Waals surface area contributed by atoms with Gasteiger partial charge >= 0.3 is 0 Å². The van der Waals surface area contributed by atoms with Gasteiger partial charge in [0.15, 0.2) is 5.82 Å². The zero-order chi connectivity index (χ0) is 32.8. The zero-order valence-corrected chi connectivity index (χ0v) is 26.8. The molecule has 1 aliphatic heterocycles. The van der Waals surface area contributed by atoms with Crippen LogP contribution in [0.4, 0.5) is 11.5 Å². The van der Waals surface area contributed by atoms with Gasteiger partial charge in [0.1, 0.15) is 17.4 Å². The van der Waals surface area contributed by atoms with Gasteiger partial charge in [0.2, 0.25) is 11.3 Å². The van der Waals surface area contributed by atoms with E-state index in [9.17, 15) is 14.4 Å². The monoisotopic (exact) mass is 630 g/mol. The molecule has 0 unspecified atom stereocenters. The number of fused-ring (bicyclic) bond motifs is 1. The molecule has 47 heavy (non-hydrogen) atoms. The smallest absolute Gasteiger partial charge is 0.261 e. The van der Waals surface area contributed by atoms with Gasteiger partial charge in [0.05, 0.1) is 5.56 Å². The lowest BCUT2D eigenvalue weighted by atomic mass is 9.92. The third-order valence-corrected chi connectivity index (χ3v) is 9.41. The van der Waals surface area contributed by atoms with Crippen LogP contribution >= 0.6 is 0 Å². The second kappa shape index (κ2) is 12.1. The van der Waals surface area contributed by atoms with Crippen molar-refractivity contribution in [2.24, 2.45) is 5.92 Å². The first-order chi connectivity index (χ1) is 22.7. The zero-order valence-electron chi connectivity index (χ0n) is 26.8. The second-order valence-electron chi connectivity index (χ2n) is 12.9. The Kier molecular flexibility index (Phi) is 7.83. The van der Waals surface area contributed by atoms with Crippen LogP contribution in [0.2, 0.25) is 0 Å². The van der Waals surface area contributed by atoms with Gasteiger partial charge in [0, 0.05) is 77.8 Å². The average Bonchev–Trinajstić information content (AvgIpc) is 3.85. The van der Waals surface area contributed by atoms with E-state index in [4.69, 9.17) is 5.73 Å². The van der Waals surface area contributed by atoms with Gasteiger partial charge in [0.25, 0.3) is 5.91 Å². The van der Waals surface area contributed by atoms with E-state index in [-0.39, 0.29) is 34.8 Å². The first-order valence-corrected chi connectivity index (χ1v) is 16.2. The Hall–Kier alpha value is -5.32. The number of rotatable bonds is 7. The fourth-order valence-corrected chi connectivity index (χ4v) is 6.76. The highest BCUT2D eigenvalue weighted by atomic mass is 16.2. The number of benzene rings is 1. The van der Waals surface area contributed by atoms with Gasteiger partial charge in [-0.1, -0.05) is 32.0 Å². The summed E-state index contributed by atoms with van der Waals surface area (Å²) in [5, 5.41) is 7.49. The maximum Gasteiger partial charge on any atom is 0.261 e. The number of likely N-dealkylation sites (tertiary alicyclic amines) is 1. The van der Waals surface area contributed by atoms with Gasteiger partial charge in [-0.25, -0.2) is 9.50 Å². The molecule has 240 valence electrons. The lowest BCUT2D eigenvalue weighted by Gasteiger charge is -2.33. The topological polar surface area (TPSA) is 141 Å². The molecule has 2 aliphatic rings. The number of nitrogens with two attached hydrogens (primary N) is 1.